The molecule has 0 aliphatic carbocycles. The van der Waals surface area contributed by atoms with Crippen LogP contribution >= 0.6 is 22.9 Å². The highest BCUT2D eigenvalue weighted by Gasteiger charge is 2.35. The zero-order chi connectivity index (χ0) is 20.5. The number of amides is 2. The van der Waals surface area contributed by atoms with Crippen LogP contribution in [0.4, 0.5) is 10.8 Å². The van der Waals surface area contributed by atoms with Crippen molar-refractivity contribution < 1.29 is 19.1 Å². The first-order valence-corrected chi connectivity index (χ1v) is 10.1. The Kier molecular flexibility index (Phi) is 5.29. The van der Waals surface area contributed by atoms with E-state index in [0.29, 0.717) is 27.3 Å². The van der Waals surface area contributed by atoms with Gasteiger partial charge in [-0.2, -0.15) is 0 Å². The molecular weight excluding hydrogens is 414 g/mol. The molecular formula is C20H18ClN3O4S. The van der Waals surface area contributed by atoms with Gasteiger partial charge in [0.2, 0.25) is 11.8 Å². The maximum absolute atomic E-state index is 12.7. The number of thiazole rings is 1. The van der Waals surface area contributed by atoms with Crippen molar-refractivity contribution in [2.75, 3.05) is 31.0 Å². The number of hydrogen-bond acceptors (Lipinski definition) is 6. The molecule has 1 saturated heterocycles. The predicted molar refractivity (Wildman–Crippen MR) is 113 cm³/mol. The molecule has 2 amide bonds. The van der Waals surface area contributed by atoms with Crippen molar-refractivity contribution in [2.24, 2.45) is 5.92 Å². The predicted octanol–water partition coefficient (Wildman–Crippen LogP) is 3.96. The number of nitrogens with one attached hydrogen (secondary N) is 1. The van der Waals surface area contributed by atoms with Crippen LogP contribution in [0.1, 0.15) is 6.42 Å². The van der Waals surface area contributed by atoms with Crippen LogP contribution in [0.25, 0.3) is 10.2 Å². The smallest absolute Gasteiger partial charge is 0.231 e. The lowest BCUT2D eigenvalue weighted by molar-refractivity contribution is -0.122. The molecule has 1 aromatic heterocycles. The first-order valence-electron chi connectivity index (χ1n) is 8.88. The van der Waals surface area contributed by atoms with Gasteiger partial charge in [-0.3, -0.25) is 9.59 Å². The van der Waals surface area contributed by atoms with Gasteiger partial charge in [-0.05, 0) is 30.3 Å². The van der Waals surface area contributed by atoms with Crippen molar-refractivity contribution in [2.45, 2.75) is 6.42 Å². The topological polar surface area (TPSA) is 80.8 Å². The monoisotopic (exact) mass is 431 g/mol. The van der Waals surface area contributed by atoms with Crippen molar-refractivity contribution in [3.8, 4) is 11.5 Å². The van der Waals surface area contributed by atoms with Crippen LogP contribution in [0.2, 0.25) is 5.02 Å². The van der Waals surface area contributed by atoms with E-state index < -0.39 is 5.92 Å². The zero-order valence-electron chi connectivity index (χ0n) is 15.8. The van der Waals surface area contributed by atoms with Gasteiger partial charge in [0.15, 0.2) is 16.6 Å². The average molecular weight is 432 g/mol. The number of hydrogen-bond donors (Lipinski definition) is 1. The van der Waals surface area contributed by atoms with E-state index in [9.17, 15) is 9.59 Å². The van der Waals surface area contributed by atoms with Gasteiger partial charge in [0.25, 0.3) is 0 Å². The van der Waals surface area contributed by atoms with E-state index in [4.69, 9.17) is 21.1 Å². The fourth-order valence-corrected chi connectivity index (χ4v) is 4.43. The second-order valence-electron chi connectivity index (χ2n) is 6.56. The van der Waals surface area contributed by atoms with Gasteiger partial charge < -0.3 is 19.7 Å². The summed E-state index contributed by atoms with van der Waals surface area (Å²) >= 11 is 7.35. The first kappa shape index (κ1) is 19.5. The Hall–Kier alpha value is -2.84. The van der Waals surface area contributed by atoms with Crippen molar-refractivity contribution in [3.05, 3.63) is 41.4 Å². The van der Waals surface area contributed by atoms with Crippen molar-refractivity contribution >= 4 is 55.8 Å². The van der Waals surface area contributed by atoms with Gasteiger partial charge in [-0.25, -0.2) is 4.98 Å². The number of aromatic nitrogens is 1. The van der Waals surface area contributed by atoms with Gasteiger partial charge >= 0.3 is 0 Å². The lowest BCUT2D eigenvalue weighted by atomic mass is 10.1. The minimum absolute atomic E-state index is 0.117. The summed E-state index contributed by atoms with van der Waals surface area (Å²) in [5.74, 6) is 0.290. The van der Waals surface area contributed by atoms with Crippen LogP contribution in [0.5, 0.6) is 11.5 Å². The molecule has 0 spiro atoms. The van der Waals surface area contributed by atoms with Crippen LogP contribution in [0.3, 0.4) is 0 Å². The minimum Gasteiger partial charge on any atom is -0.493 e. The number of carbonyl (C=O) groups is 2. The Labute approximate surface area is 176 Å². The SMILES string of the molecule is COc1ccc(N2CC(C(=O)Nc3nc4ccc(Cl)cc4s3)CC2=O)cc1OC. The van der Waals surface area contributed by atoms with Gasteiger partial charge in [0.1, 0.15) is 0 Å². The number of carbonyl (C=O) groups excluding carboxylic acids is 2. The number of anilines is 2. The summed E-state index contributed by atoms with van der Waals surface area (Å²) in [5, 5.41) is 3.93. The van der Waals surface area contributed by atoms with E-state index in [0.717, 1.165) is 10.2 Å². The second kappa shape index (κ2) is 7.88. The largest absolute Gasteiger partial charge is 0.493 e. The fraction of sp³-hybridized carbons (Fsp3) is 0.250. The third kappa shape index (κ3) is 3.86. The normalized spacial score (nSPS) is 16.3. The molecule has 0 saturated carbocycles. The van der Waals surface area contributed by atoms with E-state index in [1.54, 1.807) is 36.3 Å². The highest BCUT2D eigenvalue weighted by atomic mass is 35.5. The number of nitrogens with zero attached hydrogens (tertiary/aromatic N) is 2. The third-order valence-corrected chi connectivity index (χ3v) is 5.92. The highest BCUT2D eigenvalue weighted by molar-refractivity contribution is 7.22. The van der Waals surface area contributed by atoms with Gasteiger partial charge in [-0.1, -0.05) is 22.9 Å². The molecule has 1 N–H and O–H groups in total. The lowest BCUT2D eigenvalue weighted by Crippen LogP contribution is -2.28. The molecule has 9 heteroatoms. The van der Waals surface area contributed by atoms with Crippen LogP contribution in [-0.4, -0.2) is 37.6 Å². The van der Waals surface area contributed by atoms with Crippen LogP contribution in [-0.2, 0) is 9.59 Å². The summed E-state index contributed by atoms with van der Waals surface area (Å²) in [7, 11) is 3.09. The summed E-state index contributed by atoms with van der Waals surface area (Å²) in [6, 6.07) is 10.6. The maximum Gasteiger partial charge on any atom is 0.231 e. The molecule has 1 aliphatic heterocycles. The van der Waals surface area contributed by atoms with E-state index in [1.165, 1.54) is 18.4 Å². The van der Waals surface area contributed by atoms with Crippen molar-refractivity contribution in [3.63, 3.8) is 0 Å². The molecule has 7 nitrogen and oxygen atoms in total. The van der Waals surface area contributed by atoms with E-state index in [2.05, 4.69) is 10.3 Å². The molecule has 29 heavy (non-hydrogen) atoms. The number of fused-ring (bicyclic) bond motifs is 1. The molecule has 1 aliphatic rings. The summed E-state index contributed by atoms with van der Waals surface area (Å²) in [6.07, 6.45) is 0.136. The number of benzene rings is 2. The van der Waals surface area contributed by atoms with Crippen LogP contribution < -0.4 is 19.7 Å². The first-order chi connectivity index (χ1) is 14.0. The molecule has 1 fully saturated rings. The minimum atomic E-state index is -0.466. The Bertz CT molecular complexity index is 1100. The number of halogens is 1. The Morgan fingerprint density at radius 2 is 2.00 bits per heavy atom. The van der Waals surface area contributed by atoms with Crippen LogP contribution in [0, 0.1) is 5.92 Å². The molecule has 4 rings (SSSR count). The van der Waals surface area contributed by atoms with E-state index in [1.807, 2.05) is 12.1 Å². The van der Waals surface area contributed by atoms with Crippen LogP contribution in [0.15, 0.2) is 36.4 Å². The van der Waals surface area contributed by atoms with E-state index >= 15 is 0 Å². The molecule has 1 atom stereocenters. The quantitative estimate of drug-likeness (QED) is 0.661. The average Bonchev–Trinajstić information content (AvgIpc) is 3.29. The summed E-state index contributed by atoms with van der Waals surface area (Å²) in [4.78, 5) is 31.2. The third-order valence-electron chi connectivity index (χ3n) is 4.76. The second-order valence-corrected chi connectivity index (χ2v) is 8.03. The van der Waals surface area contributed by atoms with Gasteiger partial charge in [-0.15, -0.1) is 0 Å². The Morgan fingerprint density at radius 3 is 2.76 bits per heavy atom. The Morgan fingerprint density at radius 1 is 1.21 bits per heavy atom. The van der Waals surface area contributed by atoms with Gasteiger partial charge in [0.05, 0.1) is 30.4 Å². The summed E-state index contributed by atoms with van der Waals surface area (Å²) in [6.45, 7) is 0.289. The molecule has 2 heterocycles. The Balaban J connectivity index is 1.48. The van der Waals surface area contributed by atoms with Crippen molar-refractivity contribution in [1.29, 1.82) is 0 Å². The maximum atomic E-state index is 12.7. The molecule has 0 bridgehead atoms. The molecule has 0 radical (unpaired) electrons. The van der Waals surface area contributed by atoms with Gasteiger partial charge in [0, 0.05) is 29.7 Å². The molecule has 2 aromatic carbocycles. The molecule has 1 unspecified atom stereocenters. The summed E-state index contributed by atoms with van der Waals surface area (Å²) < 4.78 is 11.4. The lowest BCUT2D eigenvalue weighted by Gasteiger charge is -2.18. The van der Waals surface area contributed by atoms with Crippen molar-refractivity contribution in [1.82, 2.24) is 4.98 Å². The zero-order valence-corrected chi connectivity index (χ0v) is 17.3. The highest BCUT2D eigenvalue weighted by Crippen LogP contribution is 2.35. The number of ether oxygens (including phenoxy) is 2. The summed E-state index contributed by atoms with van der Waals surface area (Å²) in [5.41, 5.74) is 1.43. The molecule has 3 aromatic rings. The molecule has 150 valence electrons. The standard InChI is InChI=1S/C20H18ClN3O4S/c1-27-15-6-4-13(9-16(15)28-2)24-10-11(7-18(24)25)19(26)23-20-22-14-5-3-12(21)8-17(14)29-20/h3-6,8-9,11H,7,10H2,1-2H3,(H,22,23,26). The number of methoxy groups -OCH3 is 2. The van der Waals surface area contributed by atoms with E-state index in [-0.39, 0.29) is 24.8 Å². The fourth-order valence-electron chi connectivity index (χ4n) is 3.28. The number of rotatable bonds is 5.